The summed E-state index contributed by atoms with van der Waals surface area (Å²) in [6.07, 6.45) is -0.782. The maximum absolute atomic E-state index is 12.4. The third-order valence-electron chi connectivity index (χ3n) is 3.71. The van der Waals surface area contributed by atoms with Crippen LogP contribution in [-0.4, -0.2) is 30.8 Å². The van der Waals surface area contributed by atoms with E-state index in [2.05, 4.69) is 0 Å². The summed E-state index contributed by atoms with van der Waals surface area (Å²) in [5.74, 6) is -1.12. The third kappa shape index (κ3) is 3.07. The van der Waals surface area contributed by atoms with Gasteiger partial charge < -0.3 is 18.6 Å². The highest BCUT2D eigenvalue weighted by molar-refractivity contribution is 5.97. The summed E-state index contributed by atoms with van der Waals surface area (Å²) in [4.78, 5) is 24.1. The van der Waals surface area contributed by atoms with E-state index in [9.17, 15) is 9.59 Å². The van der Waals surface area contributed by atoms with Crippen molar-refractivity contribution in [1.82, 2.24) is 0 Å². The highest BCUT2D eigenvalue weighted by Gasteiger charge is 2.36. The molecule has 0 unspecified atom stereocenters. The number of rotatable bonds is 5. The SMILES string of the molecule is CCOCc1c(C(=O)O[C@@H]2C[C@@H](C)OC2=O)oc2ccccc12. The number of esters is 2. The molecule has 1 aliphatic rings. The van der Waals surface area contributed by atoms with Crippen molar-refractivity contribution < 1.29 is 28.2 Å². The number of carbonyl (C=O) groups excluding carboxylic acids is 2. The first-order valence-electron chi connectivity index (χ1n) is 7.59. The Balaban J connectivity index is 1.88. The van der Waals surface area contributed by atoms with E-state index in [1.807, 2.05) is 25.1 Å². The van der Waals surface area contributed by atoms with E-state index in [0.29, 0.717) is 24.2 Å². The van der Waals surface area contributed by atoms with Crippen LogP contribution in [0.4, 0.5) is 0 Å². The van der Waals surface area contributed by atoms with Gasteiger partial charge in [-0.05, 0) is 19.9 Å². The Labute approximate surface area is 133 Å². The highest BCUT2D eigenvalue weighted by atomic mass is 16.6. The number of benzene rings is 1. The molecule has 122 valence electrons. The number of ether oxygens (including phenoxy) is 3. The minimum absolute atomic E-state index is 0.0759. The third-order valence-corrected chi connectivity index (χ3v) is 3.71. The lowest BCUT2D eigenvalue weighted by Gasteiger charge is -2.08. The van der Waals surface area contributed by atoms with Crippen molar-refractivity contribution in [3.8, 4) is 0 Å². The van der Waals surface area contributed by atoms with Crippen LogP contribution in [0.1, 0.15) is 36.4 Å². The van der Waals surface area contributed by atoms with E-state index in [1.54, 1.807) is 13.0 Å². The second kappa shape index (κ2) is 6.42. The molecule has 0 N–H and O–H groups in total. The second-order valence-corrected chi connectivity index (χ2v) is 5.42. The predicted molar refractivity (Wildman–Crippen MR) is 80.9 cm³/mol. The van der Waals surface area contributed by atoms with E-state index in [1.165, 1.54) is 0 Å². The van der Waals surface area contributed by atoms with E-state index >= 15 is 0 Å². The average Bonchev–Trinajstić information content (AvgIpc) is 3.05. The van der Waals surface area contributed by atoms with Crippen molar-refractivity contribution in [3.05, 3.63) is 35.6 Å². The van der Waals surface area contributed by atoms with Crippen molar-refractivity contribution in [3.63, 3.8) is 0 Å². The lowest BCUT2D eigenvalue weighted by molar-refractivity contribution is -0.147. The van der Waals surface area contributed by atoms with Gasteiger partial charge in [0.2, 0.25) is 11.9 Å². The van der Waals surface area contributed by atoms with Gasteiger partial charge in [0.05, 0.1) is 6.61 Å². The summed E-state index contributed by atoms with van der Waals surface area (Å²) in [5, 5.41) is 0.801. The molecule has 3 rings (SSSR count). The monoisotopic (exact) mass is 318 g/mol. The smallest absolute Gasteiger partial charge is 0.375 e. The molecular formula is C17H18O6. The molecule has 2 atom stereocenters. The second-order valence-electron chi connectivity index (χ2n) is 5.42. The molecule has 0 spiro atoms. The molecule has 0 bridgehead atoms. The zero-order valence-corrected chi connectivity index (χ0v) is 13.0. The molecule has 2 aromatic rings. The Kier molecular flexibility index (Phi) is 4.34. The van der Waals surface area contributed by atoms with Gasteiger partial charge in [-0.1, -0.05) is 18.2 Å². The molecule has 1 saturated heterocycles. The van der Waals surface area contributed by atoms with Gasteiger partial charge in [0.1, 0.15) is 11.7 Å². The fourth-order valence-corrected chi connectivity index (χ4v) is 2.61. The molecule has 6 heteroatoms. The molecular weight excluding hydrogens is 300 g/mol. The largest absolute Gasteiger partial charge is 0.460 e. The van der Waals surface area contributed by atoms with Crippen molar-refractivity contribution in [2.75, 3.05) is 6.61 Å². The lowest BCUT2D eigenvalue weighted by atomic mass is 10.1. The van der Waals surface area contributed by atoms with Gasteiger partial charge in [-0.2, -0.15) is 0 Å². The fourth-order valence-electron chi connectivity index (χ4n) is 2.61. The lowest BCUT2D eigenvalue weighted by Crippen LogP contribution is -2.23. The molecule has 1 aromatic carbocycles. The maximum Gasteiger partial charge on any atom is 0.375 e. The Bertz CT molecular complexity index is 732. The quantitative estimate of drug-likeness (QED) is 0.789. The Morgan fingerprint density at radius 1 is 1.35 bits per heavy atom. The van der Waals surface area contributed by atoms with Crippen molar-refractivity contribution in [2.24, 2.45) is 0 Å². The van der Waals surface area contributed by atoms with Gasteiger partial charge in [0.25, 0.3) is 0 Å². The standard InChI is InChI=1S/C17H18O6/c1-3-20-9-12-11-6-4-5-7-13(11)22-15(12)17(19)23-14-8-10(2)21-16(14)18/h4-7,10,14H,3,8-9H2,1-2H3/t10-,14-/m1/s1. The normalized spacial score (nSPS) is 20.7. The summed E-state index contributed by atoms with van der Waals surface area (Å²) >= 11 is 0. The molecule has 1 fully saturated rings. The van der Waals surface area contributed by atoms with Crippen molar-refractivity contribution >= 4 is 22.9 Å². The van der Waals surface area contributed by atoms with Crippen LogP contribution in [0.3, 0.4) is 0 Å². The topological polar surface area (TPSA) is 75.0 Å². The molecule has 1 aliphatic heterocycles. The van der Waals surface area contributed by atoms with Gasteiger partial charge in [-0.3, -0.25) is 0 Å². The molecule has 0 aliphatic carbocycles. The zero-order valence-electron chi connectivity index (χ0n) is 13.0. The van der Waals surface area contributed by atoms with Gasteiger partial charge in [-0.25, -0.2) is 9.59 Å². The highest BCUT2D eigenvalue weighted by Crippen LogP contribution is 2.28. The summed E-state index contributed by atoms with van der Waals surface area (Å²) in [6.45, 7) is 4.38. The van der Waals surface area contributed by atoms with Gasteiger partial charge in [0, 0.05) is 24.0 Å². The maximum atomic E-state index is 12.4. The number of para-hydroxylation sites is 1. The van der Waals surface area contributed by atoms with Gasteiger partial charge >= 0.3 is 11.9 Å². The van der Waals surface area contributed by atoms with E-state index < -0.39 is 18.0 Å². The van der Waals surface area contributed by atoms with Crippen LogP contribution >= 0.6 is 0 Å². The summed E-state index contributed by atoms with van der Waals surface area (Å²) in [7, 11) is 0. The molecule has 0 radical (unpaired) electrons. The Hall–Kier alpha value is -2.34. The van der Waals surface area contributed by atoms with Gasteiger partial charge in [0.15, 0.2) is 0 Å². The summed E-state index contributed by atoms with van der Waals surface area (Å²) in [6, 6.07) is 7.31. The van der Waals surface area contributed by atoms with Crippen LogP contribution in [0.15, 0.2) is 28.7 Å². The summed E-state index contributed by atoms with van der Waals surface area (Å²) < 4.78 is 21.3. The van der Waals surface area contributed by atoms with E-state index in [-0.39, 0.29) is 18.5 Å². The minimum Gasteiger partial charge on any atom is -0.460 e. The Morgan fingerprint density at radius 2 is 2.13 bits per heavy atom. The average molecular weight is 318 g/mol. The van der Waals surface area contributed by atoms with Crippen LogP contribution in [0.2, 0.25) is 0 Å². The minimum atomic E-state index is -0.884. The predicted octanol–water partition coefficient (Wildman–Crippen LogP) is 2.83. The zero-order chi connectivity index (χ0) is 16.4. The van der Waals surface area contributed by atoms with Crippen LogP contribution in [0, 0.1) is 0 Å². The first-order valence-corrected chi connectivity index (χ1v) is 7.59. The Morgan fingerprint density at radius 3 is 2.83 bits per heavy atom. The van der Waals surface area contributed by atoms with Crippen LogP contribution in [0.25, 0.3) is 11.0 Å². The summed E-state index contributed by atoms with van der Waals surface area (Å²) in [5.41, 5.74) is 1.21. The molecule has 2 heterocycles. The molecule has 1 aromatic heterocycles. The van der Waals surface area contributed by atoms with Crippen LogP contribution in [-0.2, 0) is 25.6 Å². The van der Waals surface area contributed by atoms with Crippen LogP contribution in [0.5, 0.6) is 0 Å². The van der Waals surface area contributed by atoms with E-state index in [4.69, 9.17) is 18.6 Å². The molecule has 0 saturated carbocycles. The number of cyclic esters (lactones) is 1. The van der Waals surface area contributed by atoms with E-state index in [0.717, 1.165) is 5.39 Å². The molecule has 0 amide bonds. The first-order chi connectivity index (χ1) is 11.1. The number of furan rings is 1. The van der Waals surface area contributed by atoms with Gasteiger partial charge in [-0.15, -0.1) is 0 Å². The number of hydrogen-bond acceptors (Lipinski definition) is 6. The first kappa shape index (κ1) is 15.6. The van der Waals surface area contributed by atoms with Crippen molar-refractivity contribution in [2.45, 2.75) is 39.1 Å². The van der Waals surface area contributed by atoms with Crippen molar-refractivity contribution in [1.29, 1.82) is 0 Å². The van der Waals surface area contributed by atoms with Crippen LogP contribution < -0.4 is 0 Å². The number of carbonyl (C=O) groups is 2. The number of fused-ring (bicyclic) bond motifs is 1. The number of hydrogen-bond donors (Lipinski definition) is 0. The molecule has 23 heavy (non-hydrogen) atoms. The fraction of sp³-hybridized carbons (Fsp3) is 0.412. The molecule has 6 nitrogen and oxygen atoms in total.